The van der Waals surface area contributed by atoms with Crippen LogP contribution in [0, 0.1) is 38.7 Å². The van der Waals surface area contributed by atoms with Gasteiger partial charge in [-0.2, -0.15) is 14.8 Å². The molecule has 0 radical (unpaired) electrons. The lowest BCUT2D eigenvalue weighted by molar-refractivity contribution is -0.387. The number of hydrogen-bond donors (Lipinski definition) is 0. The Bertz CT molecular complexity index is 1150. The molecule has 10 heteroatoms. The lowest BCUT2D eigenvalue weighted by Gasteiger charge is -2.21. The van der Waals surface area contributed by atoms with Crippen molar-refractivity contribution in [1.29, 1.82) is 10.5 Å². The maximum absolute atomic E-state index is 13.4. The molecule has 3 rings (SSSR count). The summed E-state index contributed by atoms with van der Waals surface area (Å²) in [6, 6.07) is 14.9. The number of ether oxygens (including phenoxy) is 1. The SMILES string of the molecule is COc1ccccc1[C@H]1CN(S(=O)(=O)c2ccccc2[N+](=O)[O-])[C@H](C#N)[C@H]1CC#N. The molecule has 0 amide bonds. The average molecular weight is 426 g/mol. The second-order valence-corrected chi connectivity index (χ2v) is 8.61. The second kappa shape index (κ2) is 8.49. The zero-order valence-corrected chi connectivity index (χ0v) is 16.8. The van der Waals surface area contributed by atoms with Gasteiger partial charge in [0.2, 0.25) is 0 Å². The summed E-state index contributed by atoms with van der Waals surface area (Å²) < 4.78 is 33.1. The van der Waals surface area contributed by atoms with Gasteiger partial charge in [0.15, 0.2) is 4.90 Å². The first-order chi connectivity index (χ1) is 14.4. The first-order valence-corrected chi connectivity index (χ1v) is 10.5. The maximum Gasteiger partial charge on any atom is 0.289 e. The molecule has 154 valence electrons. The number of benzene rings is 2. The van der Waals surface area contributed by atoms with E-state index in [0.29, 0.717) is 11.3 Å². The molecule has 3 atom stereocenters. The Hall–Kier alpha value is -3.47. The summed E-state index contributed by atoms with van der Waals surface area (Å²) in [6.45, 7) is -0.0979. The van der Waals surface area contributed by atoms with E-state index in [1.165, 1.54) is 19.2 Å². The zero-order chi connectivity index (χ0) is 21.9. The van der Waals surface area contributed by atoms with Gasteiger partial charge >= 0.3 is 0 Å². The van der Waals surface area contributed by atoms with Crippen LogP contribution >= 0.6 is 0 Å². The minimum absolute atomic E-state index is 0.0517. The molecule has 30 heavy (non-hydrogen) atoms. The quantitative estimate of drug-likeness (QED) is 0.511. The van der Waals surface area contributed by atoms with Crippen LogP contribution in [0.25, 0.3) is 0 Å². The van der Waals surface area contributed by atoms with Crippen LogP contribution in [0.4, 0.5) is 5.69 Å². The Morgan fingerprint density at radius 2 is 1.87 bits per heavy atom. The Labute approximate surface area is 173 Å². The molecule has 0 aromatic heterocycles. The topological polar surface area (TPSA) is 137 Å². The predicted molar refractivity (Wildman–Crippen MR) is 106 cm³/mol. The number of nitro benzene ring substituents is 1. The van der Waals surface area contributed by atoms with E-state index in [2.05, 4.69) is 0 Å². The number of para-hydroxylation sites is 2. The van der Waals surface area contributed by atoms with E-state index in [0.717, 1.165) is 16.4 Å². The molecule has 1 saturated heterocycles. The lowest BCUT2D eigenvalue weighted by atomic mass is 9.83. The highest BCUT2D eigenvalue weighted by Gasteiger charge is 2.49. The lowest BCUT2D eigenvalue weighted by Crippen LogP contribution is -2.37. The molecule has 0 aliphatic carbocycles. The van der Waals surface area contributed by atoms with Gasteiger partial charge in [0, 0.05) is 30.9 Å². The van der Waals surface area contributed by atoms with Crippen molar-refractivity contribution in [2.75, 3.05) is 13.7 Å². The molecule has 1 aliphatic heterocycles. The third-order valence-electron chi connectivity index (χ3n) is 5.26. The fraction of sp³-hybridized carbons (Fsp3) is 0.300. The standard InChI is InChI=1S/C20H18N4O5S/c1-29-19-8-4-2-6-15(19)16-13-23(18(12-22)14(16)10-11-21)30(27,28)20-9-5-3-7-17(20)24(25)26/h2-9,14,16,18H,10,13H2,1H3/t14-,16-,18+/m0/s1. The Morgan fingerprint density at radius 1 is 1.20 bits per heavy atom. The van der Waals surface area contributed by atoms with Gasteiger partial charge < -0.3 is 4.74 Å². The predicted octanol–water partition coefficient (Wildman–Crippen LogP) is 2.81. The van der Waals surface area contributed by atoms with Gasteiger partial charge in [-0.25, -0.2) is 8.42 Å². The van der Waals surface area contributed by atoms with Gasteiger partial charge in [-0.3, -0.25) is 10.1 Å². The number of nitro groups is 1. The Kier molecular flexibility index (Phi) is 6.01. The van der Waals surface area contributed by atoms with Gasteiger partial charge in [0.05, 0.1) is 24.2 Å². The molecule has 9 nitrogen and oxygen atoms in total. The van der Waals surface area contributed by atoms with Crippen LogP contribution in [-0.2, 0) is 10.0 Å². The van der Waals surface area contributed by atoms with Crippen LogP contribution in [0.3, 0.4) is 0 Å². The summed E-state index contributed by atoms with van der Waals surface area (Å²) >= 11 is 0. The van der Waals surface area contributed by atoms with Crippen LogP contribution in [0.15, 0.2) is 53.4 Å². The highest BCUT2D eigenvalue weighted by molar-refractivity contribution is 7.89. The molecular formula is C20H18N4O5S. The van der Waals surface area contributed by atoms with Gasteiger partial charge in [-0.15, -0.1) is 0 Å². The van der Waals surface area contributed by atoms with Crippen molar-refractivity contribution in [1.82, 2.24) is 4.31 Å². The van der Waals surface area contributed by atoms with E-state index in [-0.39, 0.29) is 13.0 Å². The minimum atomic E-state index is -4.37. The van der Waals surface area contributed by atoms with Gasteiger partial charge in [0.1, 0.15) is 11.8 Å². The van der Waals surface area contributed by atoms with E-state index >= 15 is 0 Å². The molecule has 0 saturated carbocycles. The van der Waals surface area contributed by atoms with Crippen molar-refractivity contribution in [3.05, 3.63) is 64.2 Å². The molecule has 0 spiro atoms. The number of methoxy groups -OCH3 is 1. The van der Waals surface area contributed by atoms with E-state index < -0.39 is 43.4 Å². The molecular weight excluding hydrogens is 408 g/mol. The van der Waals surface area contributed by atoms with Crippen molar-refractivity contribution >= 4 is 15.7 Å². The maximum atomic E-state index is 13.4. The fourth-order valence-electron chi connectivity index (χ4n) is 3.90. The van der Waals surface area contributed by atoms with E-state index in [9.17, 15) is 29.1 Å². The minimum Gasteiger partial charge on any atom is -0.496 e. The van der Waals surface area contributed by atoms with Crippen LogP contribution in [0.5, 0.6) is 5.75 Å². The number of sulfonamides is 1. The summed E-state index contributed by atoms with van der Waals surface area (Å²) in [7, 11) is -2.89. The average Bonchev–Trinajstić information content (AvgIpc) is 3.13. The van der Waals surface area contributed by atoms with Gasteiger partial charge in [0.25, 0.3) is 15.7 Å². The molecule has 0 unspecified atom stereocenters. The molecule has 1 aliphatic rings. The zero-order valence-electron chi connectivity index (χ0n) is 16.0. The van der Waals surface area contributed by atoms with Crippen LogP contribution in [0.2, 0.25) is 0 Å². The van der Waals surface area contributed by atoms with E-state index in [1.54, 1.807) is 24.3 Å². The number of nitriles is 2. The first-order valence-electron chi connectivity index (χ1n) is 9.01. The second-order valence-electron chi connectivity index (χ2n) is 6.75. The largest absolute Gasteiger partial charge is 0.496 e. The molecule has 1 heterocycles. The van der Waals surface area contributed by atoms with Crippen molar-refractivity contribution in [3.63, 3.8) is 0 Å². The number of rotatable bonds is 6. The summed E-state index contributed by atoms with van der Waals surface area (Å²) in [4.78, 5) is 10.1. The highest BCUT2D eigenvalue weighted by Crippen LogP contribution is 2.45. The third-order valence-corrected chi connectivity index (χ3v) is 7.15. The highest BCUT2D eigenvalue weighted by atomic mass is 32.2. The fourth-order valence-corrected chi connectivity index (χ4v) is 5.67. The first kappa shape index (κ1) is 21.2. The van der Waals surface area contributed by atoms with Crippen molar-refractivity contribution in [2.24, 2.45) is 5.92 Å². The summed E-state index contributed by atoms with van der Waals surface area (Å²) in [5.74, 6) is -0.580. The number of hydrogen-bond acceptors (Lipinski definition) is 7. The Morgan fingerprint density at radius 3 is 2.50 bits per heavy atom. The summed E-state index contributed by atoms with van der Waals surface area (Å²) in [5.41, 5.74) is 0.118. The van der Waals surface area contributed by atoms with Crippen molar-refractivity contribution < 1.29 is 18.1 Å². The summed E-state index contributed by atoms with van der Waals surface area (Å²) in [5, 5.41) is 30.5. The monoisotopic (exact) mass is 426 g/mol. The molecule has 0 N–H and O–H groups in total. The molecule has 2 aromatic rings. The van der Waals surface area contributed by atoms with Gasteiger partial charge in [-0.05, 0) is 17.7 Å². The van der Waals surface area contributed by atoms with Crippen molar-refractivity contribution in [3.8, 4) is 17.9 Å². The van der Waals surface area contributed by atoms with Crippen molar-refractivity contribution in [2.45, 2.75) is 23.3 Å². The number of nitrogens with zero attached hydrogens (tertiary/aromatic N) is 4. The van der Waals surface area contributed by atoms with Gasteiger partial charge in [-0.1, -0.05) is 30.3 Å². The van der Waals surface area contributed by atoms with E-state index in [1.807, 2.05) is 12.1 Å². The smallest absolute Gasteiger partial charge is 0.289 e. The van der Waals surface area contributed by atoms with Crippen LogP contribution < -0.4 is 4.74 Å². The Balaban J connectivity index is 2.13. The van der Waals surface area contributed by atoms with E-state index in [4.69, 9.17) is 4.74 Å². The third kappa shape index (κ3) is 3.59. The molecule has 2 aromatic carbocycles. The molecule has 0 bridgehead atoms. The van der Waals surface area contributed by atoms with Crippen LogP contribution in [0.1, 0.15) is 17.9 Å². The summed E-state index contributed by atoms with van der Waals surface area (Å²) in [6.07, 6.45) is -0.0517. The molecule has 1 fully saturated rings. The van der Waals surface area contributed by atoms with Crippen LogP contribution in [-0.4, -0.2) is 37.3 Å². The normalized spacial score (nSPS) is 21.5.